The van der Waals surface area contributed by atoms with Gasteiger partial charge in [-0.1, -0.05) is 41.4 Å². The Morgan fingerprint density at radius 3 is 2.63 bits per heavy atom. The van der Waals surface area contributed by atoms with Gasteiger partial charge in [0.05, 0.1) is 21.4 Å². The van der Waals surface area contributed by atoms with Crippen molar-refractivity contribution in [2.75, 3.05) is 0 Å². The van der Waals surface area contributed by atoms with Gasteiger partial charge in [-0.3, -0.25) is 14.8 Å². The lowest BCUT2D eigenvalue weighted by Gasteiger charge is -2.13. The number of nitrogens with one attached hydrogen (secondary N) is 1. The molecule has 0 unspecified atom stereocenters. The van der Waals surface area contributed by atoms with Gasteiger partial charge >= 0.3 is 5.69 Å². The molecule has 0 aliphatic heterocycles. The first-order valence-corrected chi connectivity index (χ1v) is 8.69. The molecule has 0 saturated carbocycles. The summed E-state index contributed by atoms with van der Waals surface area (Å²) in [4.78, 5) is 30.8. The molecule has 0 aliphatic carbocycles. The summed E-state index contributed by atoms with van der Waals surface area (Å²) in [6, 6.07) is 10.3. The molecular weight excluding hydrogens is 389 g/mol. The van der Waals surface area contributed by atoms with Crippen LogP contribution in [0.25, 0.3) is 5.69 Å². The first-order valence-electron chi connectivity index (χ1n) is 7.93. The molecule has 1 heterocycles. The second-order valence-corrected chi connectivity index (χ2v) is 6.74. The maximum absolute atomic E-state index is 12.3. The Bertz CT molecular complexity index is 1180. The molecule has 0 saturated heterocycles. The second-order valence-electron chi connectivity index (χ2n) is 5.95. The lowest BCUT2D eigenvalue weighted by atomic mass is 10.1. The minimum absolute atomic E-state index is 0.174. The molecule has 0 atom stereocenters. The molecule has 2 aromatic carbocycles. The Morgan fingerprint density at radius 2 is 1.89 bits per heavy atom. The highest BCUT2D eigenvalue weighted by Gasteiger charge is 2.16. The molecule has 0 bridgehead atoms. The SMILES string of the molecule is Cc1ccc(C)c(-n2c(O)c(C=Nc3cccc(Cl)c3Cl)c(=O)[nH]c2=O)c1. The van der Waals surface area contributed by atoms with Crippen LogP contribution in [0.2, 0.25) is 10.0 Å². The highest BCUT2D eigenvalue weighted by Crippen LogP contribution is 2.31. The Morgan fingerprint density at radius 1 is 1.15 bits per heavy atom. The zero-order chi connectivity index (χ0) is 19.7. The standard InChI is InChI=1S/C19H15Cl2N3O3/c1-10-6-7-11(2)15(8-10)24-18(26)12(17(25)23-19(24)27)9-22-14-5-3-4-13(20)16(14)21/h3-9,26H,1-2H3,(H,23,25,27). The zero-order valence-corrected chi connectivity index (χ0v) is 16.0. The molecule has 138 valence electrons. The van der Waals surface area contributed by atoms with Gasteiger partial charge in [-0.2, -0.15) is 0 Å². The molecule has 0 radical (unpaired) electrons. The van der Waals surface area contributed by atoms with Crippen LogP contribution in [0.1, 0.15) is 16.7 Å². The average molecular weight is 404 g/mol. The molecule has 3 rings (SSSR count). The number of hydrogen-bond donors (Lipinski definition) is 2. The van der Waals surface area contributed by atoms with Crippen LogP contribution >= 0.6 is 23.2 Å². The van der Waals surface area contributed by atoms with Crippen molar-refractivity contribution in [1.82, 2.24) is 9.55 Å². The molecule has 2 N–H and O–H groups in total. The third-order valence-electron chi connectivity index (χ3n) is 3.99. The summed E-state index contributed by atoms with van der Waals surface area (Å²) in [6.45, 7) is 3.66. The van der Waals surface area contributed by atoms with Crippen molar-refractivity contribution >= 4 is 35.1 Å². The van der Waals surface area contributed by atoms with Gasteiger partial charge < -0.3 is 5.11 Å². The first kappa shape index (κ1) is 18.9. The summed E-state index contributed by atoms with van der Waals surface area (Å²) in [6.07, 6.45) is 1.15. The van der Waals surface area contributed by atoms with Crippen molar-refractivity contribution < 1.29 is 5.11 Å². The molecule has 8 heteroatoms. The van der Waals surface area contributed by atoms with Gasteiger partial charge in [-0.15, -0.1) is 0 Å². The van der Waals surface area contributed by atoms with E-state index in [-0.39, 0.29) is 10.6 Å². The lowest BCUT2D eigenvalue weighted by Crippen LogP contribution is -2.31. The van der Waals surface area contributed by atoms with E-state index in [9.17, 15) is 14.7 Å². The van der Waals surface area contributed by atoms with E-state index < -0.39 is 17.1 Å². The molecule has 1 aromatic heterocycles. The maximum atomic E-state index is 12.3. The van der Waals surface area contributed by atoms with E-state index in [0.717, 1.165) is 21.9 Å². The summed E-state index contributed by atoms with van der Waals surface area (Å²) >= 11 is 12.0. The van der Waals surface area contributed by atoms with Crippen molar-refractivity contribution in [3.8, 4) is 11.6 Å². The van der Waals surface area contributed by atoms with E-state index in [1.54, 1.807) is 31.2 Å². The summed E-state index contributed by atoms with van der Waals surface area (Å²) in [5.41, 5.74) is 0.758. The number of aryl methyl sites for hydroxylation is 2. The molecule has 6 nitrogen and oxygen atoms in total. The van der Waals surface area contributed by atoms with Gasteiger partial charge in [0.25, 0.3) is 5.56 Å². The van der Waals surface area contributed by atoms with Crippen LogP contribution in [0, 0.1) is 13.8 Å². The van der Waals surface area contributed by atoms with Crippen molar-refractivity contribution in [3.05, 3.63) is 84.0 Å². The molecule has 0 amide bonds. The number of nitrogens with zero attached hydrogens (tertiary/aromatic N) is 2. The number of hydrogen-bond acceptors (Lipinski definition) is 4. The predicted octanol–water partition coefficient (Wildman–Crippen LogP) is 3.91. The van der Waals surface area contributed by atoms with E-state index in [2.05, 4.69) is 9.98 Å². The largest absolute Gasteiger partial charge is 0.493 e. The van der Waals surface area contributed by atoms with Crippen molar-refractivity contribution in [1.29, 1.82) is 0 Å². The highest BCUT2D eigenvalue weighted by atomic mass is 35.5. The van der Waals surface area contributed by atoms with Crippen LogP contribution in [-0.2, 0) is 0 Å². The van der Waals surface area contributed by atoms with Crippen LogP contribution in [0.15, 0.2) is 51.0 Å². The number of aromatic amines is 1. The molecule has 27 heavy (non-hydrogen) atoms. The summed E-state index contributed by atoms with van der Waals surface area (Å²) in [5, 5.41) is 11.1. The third-order valence-corrected chi connectivity index (χ3v) is 4.80. The molecule has 0 fully saturated rings. The fourth-order valence-electron chi connectivity index (χ4n) is 2.56. The second kappa shape index (κ2) is 7.42. The number of aromatic nitrogens is 2. The fraction of sp³-hybridized carbons (Fsp3) is 0.105. The quantitative estimate of drug-likeness (QED) is 0.649. The number of rotatable bonds is 3. The smallest absolute Gasteiger partial charge is 0.335 e. The summed E-state index contributed by atoms with van der Waals surface area (Å²) < 4.78 is 1.03. The van der Waals surface area contributed by atoms with E-state index >= 15 is 0 Å². The lowest BCUT2D eigenvalue weighted by molar-refractivity contribution is 0.430. The Labute approximate surface area is 164 Å². The van der Waals surface area contributed by atoms with Crippen LogP contribution in [0.5, 0.6) is 5.88 Å². The topological polar surface area (TPSA) is 87.4 Å². The number of H-pyrrole nitrogens is 1. The van der Waals surface area contributed by atoms with E-state index in [4.69, 9.17) is 23.2 Å². The van der Waals surface area contributed by atoms with Gasteiger partial charge in [0.15, 0.2) is 0 Å². The molecule has 3 aromatic rings. The van der Waals surface area contributed by atoms with Crippen molar-refractivity contribution in [2.24, 2.45) is 4.99 Å². The van der Waals surface area contributed by atoms with Gasteiger partial charge in [-0.05, 0) is 43.2 Å². The Kier molecular flexibility index (Phi) is 5.21. The number of aliphatic imine (C=N–C) groups is 1. The highest BCUT2D eigenvalue weighted by molar-refractivity contribution is 6.43. The molecule has 0 spiro atoms. The van der Waals surface area contributed by atoms with Crippen LogP contribution in [-0.4, -0.2) is 20.9 Å². The number of halogens is 2. The Balaban J connectivity index is 2.19. The predicted molar refractivity (Wildman–Crippen MR) is 108 cm³/mol. The van der Waals surface area contributed by atoms with E-state index in [0.29, 0.717) is 16.4 Å². The van der Waals surface area contributed by atoms with Gasteiger partial charge in [0.2, 0.25) is 5.88 Å². The van der Waals surface area contributed by atoms with Crippen LogP contribution < -0.4 is 11.2 Å². The van der Waals surface area contributed by atoms with E-state index in [1.807, 2.05) is 19.1 Å². The van der Waals surface area contributed by atoms with Crippen molar-refractivity contribution in [3.63, 3.8) is 0 Å². The maximum Gasteiger partial charge on any atom is 0.335 e. The normalized spacial score (nSPS) is 11.3. The minimum atomic E-state index is -0.763. The number of benzene rings is 2. The number of aromatic hydroxyl groups is 1. The molecule has 0 aliphatic rings. The van der Waals surface area contributed by atoms with Crippen LogP contribution in [0.3, 0.4) is 0 Å². The fourth-order valence-corrected chi connectivity index (χ4v) is 2.91. The van der Waals surface area contributed by atoms with Crippen molar-refractivity contribution in [2.45, 2.75) is 13.8 Å². The average Bonchev–Trinajstić information content (AvgIpc) is 2.61. The zero-order valence-electron chi connectivity index (χ0n) is 14.5. The summed E-state index contributed by atoms with van der Waals surface area (Å²) in [5.74, 6) is -0.514. The van der Waals surface area contributed by atoms with Gasteiger partial charge in [-0.25, -0.2) is 9.36 Å². The minimum Gasteiger partial charge on any atom is -0.493 e. The monoisotopic (exact) mass is 403 g/mol. The Hall–Kier alpha value is -2.83. The van der Waals surface area contributed by atoms with Gasteiger partial charge in [0, 0.05) is 6.21 Å². The van der Waals surface area contributed by atoms with Gasteiger partial charge in [0.1, 0.15) is 5.56 Å². The molecular formula is C19H15Cl2N3O3. The van der Waals surface area contributed by atoms with E-state index in [1.165, 1.54) is 0 Å². The first-order chi connectivity index (χ1) is 12.8. The third kappa shape index (κ3) is 3.67. The van der Waals surface area contributed by atoms with Crippen LogP contribution in [0.4, 0.5) is 5.69 Å². The summed E-state index contributed by atoms with van der Waals surface area (Å²) in [7, 11) is 0.